The van der Waals surface area contributed by atoms with E-state index in [1.165, 1.54) is 4.90 Å². The second kappa shape index (κ2) is 5.39. The summed E-state index contributed by atoms with van der Waals surface area (Å²) >= 11 is 0. The van der Waals surface area contributed by atoms with Crippen molar-refractivity contribution in [1.29, 1.82) is 0 Å². The topological polar surface area (TPSA) is 43.9 Å². The first-order valence-electron chi connectivity index (χ1n) is 8.14. The maximum atomic E-state index is 12.3. The Morgan fingerprint density at radius 2 is 1.91 bits per heavy atom. The van der Waals surface area contributed by atoms with Crippen molar-refractivity contribution in [2.75, 3.05) is 6.73 Å². The Kier molecular flexibility index (Phi) is 3.34. The molecule has 0 radical (unpaired) electrons. The molecule has 0 saturated carbocycles. The molecule has 1 aliphatic heterocycles. The zero-order valence-electron chi connectivity index (χ0n) is 13.4. The number of benzene rings is 2. The average Bonchev–Trinajstić information content (AvgIpc) is 2.60. The molecule has 0 saturated heterocycles. The second-order valence-electron chi connectivity index (χ2n) is 6.29. The summed E-state index contributed by atoms with van der Waals surface area (Å²) in [5.41, 5.74) is 1.40. The lowest BCUT2D eigenvalue weighted by Crippen LogP contribution is -3.15. The third-order valence-electron chi connectivity index (χ3n) is 4.98. The molecule has 2 atom stereocenters. The van der Waals surface area contributed by atoms with Gasteiger partial charge >= 0.3 is 5.63 Å². The molecular formula is C19H20NO3+. The average molecular weight is 310 g/mol. The third kappa shape index (κ3) is 2.21. The quantitative estimate of drug-likeness (QED) is 0.584. The standard InChI is InChI=1S/C19H19NO3/c1-3-12(2)20-10-16-17(22-11-20)9-8-14-13-6-4-5-7-15(13)19(21)23-18(14)16/h4-9,12H,3,10-11H2,1-2H3/p+1/t12-/m0/s1. The van der Waals surface area contributed by atoms with Crippen LogP contribution in [0.15, 0.2) is 45.6 Å². The minimum Gasteiger partial charge on any atom is -0.445 e. The van der Waals surface area contributed by atoms with Crippen molar-refractivity contribution in [3.63, 3.8) is 0 Å². The first kappa shape index (κ1) is 14.3. The fourth-order valence-electron chi connectivity index (χ4n) is 3.34. The molecule has 2 heterocycles. The predicted molar refractivity (Wildman–Crippen MR) is 89.9 cm³/mol. The van der Waals surface area contributed by atoms with Gasteiger partial charge in [-0.05, 0) is 36.9 Å². The fraction of sp³-hybridized carbons (Fsp3) is 0.316. The number of hydrogen-bond donors (Lipinski definition) is 1. The highest BCUT2D eigenvalue weighted by atomic mass is 16.5. The molecule has 118 valence electrons. The van der Waals surface area contributed by atoms with Crippen molar-refractivity contribution in [2.24, 2.45) is 0 Å². The highest BCUT2D eigenvalue weighted by Crippen LogP contribution is 2.32. The van der Waals surface area contributed by atoms with Gasteiger partial charge in [0.2, 0.25) is 6.73 Å². The maximum absolute atomic E-state index is 12.3. The Bertz CT molecular complexity index is 944. The van der Waals surface area contributed by atoms with Crippen molar-refractivity contribution in [2.45, 2.75) is 32.9 Å². The molecule has 3 aromatic rings. The molecule has 4 rings (SSSR count). The summed E-state index contributed by atoms with van der Waals surface area (Å²) < 4.78 is 11.6. The maximum Gasteiger partial charge on any atom is 0.344 e. The van der Waals surface area contributed by atoms with Crippen molar-refractivity contribution in [1.82, 2.24) is 0 Å². The van der Waals surface area contributed by atoms with E-state index in [1.807, 2.05) is 36.4 Å². The summed E-state index contributed by atoms with van der Waals surface area (Å²) in [5.74, 6) is 0.836. The Hall–Kier alpha value is -2.33. The van der Waals surface area contributed by atoms with E-state index in [0.29, 0.717) is 23.7 Å². The highest BCUT2D eigenvalue weighted by Gasteiger charge is 2.27. The van der Waals surface area contributed by atoms with Crippen LogP contribution in [0.25, 0.3) is 21.7 Å². The van der Waals surface area contributed by atoms with Gasteiger partial charge in [0, 0.05) is 5.39 Å². The number of hydrogen-bond acceptors (Lipinski definition) is 3. The number of fused-ring (bicyclic) bond motifs is 5. The molecule has 2 aromatic carbocycles. The van der Waals surface area contributed by atoms with E-state index in [1.54, 1.807) is 0 Å². The van der Waals surface area contributed by atoms with Gasteiger partial charge < -0.3 is 9.15 Å². The third-order valence-corrected chi connectivity index (χ3v) is 4.98. The van der Waals surface area contributed by atoms with Gasteiger partial charge in [0.1, 0.15) is 12.3 Å². The van der Waals surface area contributed by atoms with E-state index in [0.717, 1.165) is 35.1 Å². The molecule has 1 N–H and O–H groups in total. The minimum atomic E-state index is -0.280. The van der Waals surface area contributed by atoms with E-state index in [-0.39, 0.29) is 5.63 Å². The lowest BCUT2D eigenvalue weighted by Gasteiger charge is -2.30. The van der Waals surface area contributed by atoms with Gasteiger partial charge in [-0.3, -0.25) is 4.90 Å². The molecule has 4 heteroatoms. The van der Waals surface area contributed by atoms with Crippen molar-refractivity contribution < 1.29 is 14.1 Å². The van der Waals surface area contributed by atoms with Crippen LogP contribution < -0.4 is 15.3 Å². The summed E-state index contributed by atoms with van der Waals surface area (Å²) in [6.45, 7) is 5.89. The van der Waals surface area contributed by atoms with E-state index in [2.05, 4.69) is 13.8 Å². The van der Waals surface area contributed by atoms with E-state index < -0.39 is 0 Å². The Morgan fingerprint density at radius 3 is 2.70 bits per heavy atom. The molecule has 0 aliphatic carbocycles. The molecule has 0 amide bonds. The van der Waals surface area contributed by atoms with Crippen LogP contribution >= 0.6 is 0 Å². The van der Waals surface area contributed by atoms with Crippen LogP contribution in [0.1, 0.15) is 25.8 Å². The van der Waals surface area contributed by atoms with E-state index in [4.69, 9.17) is 9.15 Å². The largest absolute Gasteiger partial charge is 0.445 e. The van der Waals surface area contributed by atoms with Gasteiger partial charge in [0.15, 0.2) is 5.58 Å². The van der Waals surface area contributed by atoms with Gasteiger partial charge in [-0.1, -0.05) is 25.1 Å². The zero-order valence-corrected chi connectivity index (χ0v) is 13.4. The molecule has 23 heavy (non-hydrogen) atoms. The minimum absolute atomic E-state index is 0.280. The van der Waals surface area contributed by atoms with Crippen LogP contribution in [0.3, 0.4) is 0 Å². The van der Waals surface area contributed by atoms with Crippen LogP contribution in [0.5, 0.6) is 5.75 Å². The lowest BCUT2D eigenvalue weighted by atomic mass is 10.0. The number of nitrogens with one attached hydrogen (secondary N) is 1. The molecule has 0 bridgehead atoms. The first-order valence-corrected chi connectivity index (χ1v) is 8.14. The molecular weight excluding hydrogens is 290 g/mol. The molecule has 1 unspecified atom stereocenters. The number of rotatable bonds is 2. The van der Waals surface area contributed by atoms with Gasteiger partial charge in [-0.2, -0.15) is 0 Å². The zero-order chi connectivity index (χ0) is 16.0. The molecule has 0 fully saturated rings. The summed E-state index contributed by atoms with van der Waals surface area (Å²) in [6, 6.07) is 12.1. The lowest BCUT2D eigenvalue weighted by molar-refractivity contribution is -0.954. The van der Waals surface area contributed by atoms with Crippen LogP contribution in [0, 0.1) is 0 Å². The Balaban J connectivity index is 1.97. The van der Waals surface area contributed by atoms with E-state index in [9.17, 15) is 4.79 Å². The SMILES string of the molecule is CC[C@H](C)[NH+]1COc2ccc3c(oc(=O)c4ccccc43)c2C1. The van der Waals surface area contributed by atoms with Gasteiger partial charge in [0.25, 0.3) is 0 Å². The number of quaternary nitrogens is 1. The number of ether oxygens (including phenoxy) is 1. The smallest absolute Gasteiger partial charge is 0.344 e. The monoisotopic (exact) mass is 310 g/mol. The predicted octanol–water partition coefficient (Wildman–Crippen LogP) is 2.48. The summed E-state index contributed by atoms with van der Waals surface area (Å²) in [5, 5.41) is 2.55. The Morgan fingerprint density at radius 1 is 1.13 bits per heavy atom. The summed E-state index contributed by atoms with van der Waals surface area (Å²) in [4.78, 5) is 13.7. The van der Waals surface area contributed by atoms with Crippen LogP contribution in [0.2, 0.25) is 0 Å². The molecule has 1 aliphatic rings. The van der Waals surface area contributed by atoms with Crippen molar-refractivity contribution >= 4 is 21.7 Å². The highest BCUT2D eigenvalue weighted by molar-refractivity contribution is 6.05. The molecule has 1 aromatic heterocycles. The summed E-state index contributed by atoms with van der Waals surface area (Å²) in [6.07, 6.45) is 1.09. The van der Waals surface area contributed by atoms with Crippen molar-refractivity contribution in [3.05, 3.63) is 52.4 Å². The first-order chi connectivity index (χ1) is 11.2. The van der Waals surface area contributed by atoms with Gasteiger partial charge in [-0.15, -0.1) is 0 Å². The summed E-state index contributed by atoms with van der Waals surface area (Å²) in [7, 11) is 0. The van der Waals surface area contributed by atoms with Gasteiger partial charge in [-0.25, -0.2) is 4.79 Å². The second-order valence-corrected chi connectivity index (χ2v) is 6.29. The van der Waals surface area contributed by atoms with Gasteiger partial charge in [0.05, 0.1) is 17.0 Å². The van der Waals surface area contributed by atoms with E-state index >= 15 is 0 Å². The van der Waals surface area contributed by atoms with Crippen LogP contribution in [-0.4, -0.2) is 12.8 Å². The Labute approximate surface area is 134 Å². The van der Waals surface area contributed by atoms with Crippen LogP contribution in [0.4, 0.5) is 0 Å². The van der Waals surface area contributed by atoms with Crippen molar-refractivity contribution in [3.8, 4) is 5.75 Å². The van der Waals surface area contributed by atoms with Crippen LogP contribution in [-0.2, 0) is 6.54 Å². The normalized spacial score (nSPS) is 18.6. The fourth-order valence-corrected chi connectivity index (χ4v) is 3.34. The molecule has 0 spiro atoms. The molecule has 4 nitrogen and oxygen atoms in total.